The molecule has 2 atom stereocenters. The molecule has 0 aliphatic carbocycles. The summed E-state index contributed by atoms with van der Waals surface area (Å²) in [5.74, 6) is 0.388. The van der Waals surface area contributed by atoms with Gasteiger partial charge in [0.15, 0.2) is 6.10 Å². The molecular weight excluding hydrogens is 310 g/mol. The molecule has 0 heterocycles. The fourth-order valence-electron chi connectivity index (χ4n) is 2.24. The van der Waals surface area contributed by atoms with E-state index in [1.165, 1.54) is 5.56 Å². The van der Waals surface area contributed by atoms with Crippen LogP contribution in [0.15, 0.2) is 54.6 Å². The lowest BCUT2D eigenvalue weighted by Crippen LogP contribution is -2.41. The number of hydrogen-bond acceptors (Lipinski definition) is 2. The summed E-state index contributed by atoms with van der Waals surface area (Å²) >= 11 is 6.04. The van der Waals surface area contributed by atoms with Crippen LogP contribution in [0.1, 0.15) is 25.8 Å². The van der Waals surface area contributed by atoms with E-state index in [4.69, 9.17) is 16.3 Å². The van der Waals surface area contributed by atoms with E-state index in [1.807, 2.05) is 37.3 Å². The summed E-state index contributed by atoms with van der Waals surface area (Å²) in [6.45, 7) is 3.73. The second-order valence-corrected chi connectivity index (χ2v) is 6.03. The maximum Gasteiger partial charge on any atom is 0.260 e. The van der Waals surface area contributed by atoms with E-state index in [2.05, 4.69) is 17.4 Å². The van der Waals surface area contributed by atoms with Crippen molar-refractivity contribution in [2.24, 2.45) is 0 Å². The van der Waals surface area contributed by atoms with Gasteiger partial charge in [-0.3, -0.25) is 4.79 Å². The highest BCUT2D eigenvalue weighted by molar-refractivity contribution is 6.32. The maximum atomic E-state index is 12.2. The van der Waals surface area contributed by atoms with E-state index in [0.717, 1.165) is 12.8 Å². The Morgan fingerprint density at radius 1 is 1.09 bits per heavy atom. The van der Waals surface area contributed by atoms with E-state index in [1.54, 1.807) is 19.1 Å². The lowest BCUT2D eigenvalue weighted by molar-refractivity contribution is -0.127. The number of benzene rings is 2. The van der Waals surface area contributed by atoms with E-state index >= 15 is 0 Å². The molecular formula is C19H22ClNO2. The van der Waals surface area contributed by atoms with E-state index in [0.29, 0.717) is 10.8 Å². The van der Waals surface area contributed by atoms with Gasteiger partial charge in [-0.2, -0.15) is 0 Å². The zero-order valence-corrected chi connectivity index (χ0v) is 14.2. The Labute approximate surface area is 142 Å². The third-order valence-electron chi connectivity index (χ3n) is 3.61. The molecule has 0 saturated heterocycles. The topological polar surface area (TPSA) is 38.3 Å². The summed E-state index contributed by atoms with van der Waals surface area (Å²) in [5.41, 5.74) is 1.27. The van der Waals surface area contributed by atoms with Crippen molar-refractivity contribution < 1.29 is 9.53 Å². The van der Waals surface area contributed by atoms with Crippen LogP contribution in [-0.4, -0.2) is 18.1 Å². The van der Waals surface area contributed by atoms with Crippen LogP contribution in [0, 0.1) is 0 Å². The average molecular weight is 332 g/mol. The van der Waals surface area contributed by atoms with E-state index in [-0.39, 0.29) is 11.9 Å². The number of rotatable bonds is 7. The number of aryl methyl sites for hydroxylation is 1. The Morgan fingerprint density at radius 2 is 1.74 bits per heavy atom. The number of hydrogen-bond donors (Lipinski definition) is 1. The maximum absolute atomic E-state index is 12.2. The normalized spacial score (nSPS) is 13.2. The summed E-state index contributed by atoms with van der Waals surface area (Å²) in [5, 5.41) is 3.49. The predicted octanol–water partition coefficient (Wildman–Crippen LogP) is 4.24. The molecule has 0 aliphatic rings. The van der Waals surface area contributed by atoms with Gasteiger partial charge in [0.05, 0.1) is 5.02 Å². The Balaban J connectivity index is 1.80. The first-order valence-corrected chi connectivity index (χ1v) is 8.19. The van der Waals surface area contributed by atoms with Crippen LogP contribution in [0.2, 0.25) is 5.02 Å². The molecule has 23 heavy (non-hydrogen) atoms. The standard InChI is InChI=1S/C19H22ClNO2/c1-14(12-13-16-8-4-3-5-9-16)21-19(22)15(2)23-18-11-7-6-10-17(18)20/h3-11,14-15H,12-13H2,1-2H3,(H,21,22). The summed E-state index contributed by atoms with van der Waals surface area (Å²) in [6.07, 6.45) is 1.23. The Kier molecular flexibility index (Phi) is 6.48. The smallest absolute Gasteiger partial charge is 0.260 e. The highest BCUT2D eigenvalue weighted by Crippen LogP contribution is 2.24. The molecule has 2 aromatic carbocycles. The van der Waals surface area contributed by atoms with Crippen LogP contribution in [0.5, 0.6) is 5.75 Å². The number of amides is 1. The summed E-state index contributed by atoms with van der Waals surface area (Å²) in [6, 6.07) is 17.5. The van der Waals surface area contributed by atoms with Crippen molar-refractivity contribution in [1.29, 1.82) is 0 Å². The molecule has 0 bridgehead atoms. The number of ether oxygens (including phenoxy) is 1. The molecule has 2 aromatic rings. The molecule has 0 aliphatic heterocycles. The number of carbonyl (C=O) groups excluding carboxylic acids is 1. The van der Waals surface area contributed by atoms with Crippen LogP contribution in [0.4, 0.5) is 0 Å². The monoisotopic (exact) mass is 331 g/mol. The average Bonchev–Trinajstić information content (AvgIpc) is 2.56. The lowest BCUT2D eigenvalue weighted by Gasteiger charge is -2.19. The van der Waals surface area contributed by atoms with Gasteiger partial charge in [0.2, 0.25) is 0 Å². The Morgan fingerprint density at radius 3 is 2.43 bits per heavy atom. The number of para-hydroxylation sites is 1. The predicted molar refractivity (Wildman–Crippen MR) is 93.9 cm³/mol. The van der Waals surface area contributed by atoms with Crippen molar-refractivity contribution in [1.82, 2.24) is 5.32 Å². The van der Waals surface area contributed by atoms with E-state index in [9.17, 15) is 4.79 Å². The third-order valence-corrected chi connectivity index (χ3v) is 3.92. The quantitative estimate of drug-likeness (QED) is 0.824. The number of nitrogens with one attached hydrogen (secondary N) is 1. The molecule has 0 spiro atoms. The minimum absolute atomic E-state index is 0.0833. The molecule has 2 unspecified atom stereocenters. The van der Waals surface area contributed by atoms with Gasteiger partial charge in [0.1, 0.15) is 5.75 Å². The Bertz CT molecular complexity index is 630. The van der Waals surface area contributed by atoms with Crippen LogP contribution in [0.25, 0.3) is 0 Å². The molecule has 2 rings (SSSR count). The molecule has 0 fully saturated rings. The van der Waals surface area contributed by atoms with Gasteiger partial charge in [-0.15, -0.1) is 0 Å². The fraction of sp³-hybridized carbons (Fsp3) is 0.316. The van der Waals surface area contributed by atoms with Gasteiger partial charge >= 0.3 is 0 Å². The lowest BCUT2D eigenvalue weighted by atomic mass is 10.1. The minimum atomic E-state index is -0.589. The highest BCUT2D eigenvalue weighted by Gasteiger charge is 2.17. The molecule has 122 valence electrons. The van der Waals surface area contributed by atoms with Crippen molar-refractivity contribution in [3.05, 3.63) is 65.2 Å². The van der Waals surface area contributed by atoms with Gasteiger partial charge in [0.25, 0.3) is 5.91 Å². The Hall–Kier alpha value is -2.00. The second-order valence-electron chi connectivity index (χ2n) is 5.62. The molecule has 0 radical (unpaired) electrons. The second kappa shape index (κ2) is 8.59. The SMILES string of the molecule is CC(CCc1ccccc1)NC(=O)C(C)Oc1ccccc1Cl. The first kappa shape index (κ1) is 17.4. The summed E-state index contributed by atoms with van der Waals surface area (Å²) < 4.78 is 5.63. The molecule has 1 amide bonds. The highest BCUT2D eigenvalue weighted by atomic mass is 35.5. The first-order valence-electron chi connectivity index (χ1n) is 7.81. The first-order chi connectivity index (χ1) is 11.1. The van der Waals surface area contributed by atoms with Crippen LogP contribution >= 0.6 is 11.6 Å². The van der Waals surface area contributed by atoms with Crippen molar-refractivity contribution in [3.63, 3.8) is 0 Å². The largest absolute Gasteiger partial charge is 0.479 e. The fourth-order valence-corrected chi connectivity index (χ4v) is 2.42. The van der Waals surface area contributed by atoms with E-state index < -0.39 is 6.10 Å². The van der Waals surface area contributed by atoms with Crippen LogP contribution in [-0.2, 0) is 11.2 Å². The van der Waals surface area contributed by atoms with Crippen molar-refractivity contribution >= 4 is 17.5 Å². The van der Waals surface area contributed by atoms with Gasteiger partial charge in [0, 0.05) is 6.04 Å². The molecule has 3 nitrogen and oxygen atoms in total. The zero-order valence-electron chi connectivity index (χ0n) is 13.5. The molecule has 1 N–H and O–H groups in total. The van der Waals surface area contributed by atoms with Crippen molar-refractivity contribution in [2.45, 2.75) is 38.8 Å². The molecule has 4 heteroatoms. The van der Waals surface area contributed by atoms with Crippen molar-refractivity contribution in [3.8, 4) is 5.75 Å². The van der Waals surface area contributed by atoms with Crippen molar-refractivity contribution in [2.75, 3.05) is 0 Å². The van der Waals surface area contributed by atoms with Gasteiger partial charge < -0.3 is 10.1 Å². The molecule has 0 saturated carbocycles. The third kappa shape index (κ3) is 5.61. The molecule has 0 aromatic heterocycles. The summed E-state index contributed by atoms with van der Waals surface area (Å²) in [4.78, 5) is 12.2. The zero-order chi connectivity index (χ0) is 16.7. The van der Waals surface area contributed by atoms with Crippen LogP contribution in [0.3, 0.4) is 0 Å². The van der Waals surface area contributed by atoms with Gasteiger partial charge in [-0.1, -0.05) is 54.1 Å². The van der Waals surface area contributed by atoms with Gasteiger partial charge in [-0.25, -0.2) is 0 Å². The summed E-state index contributed by atoms with van der Waals surface area (Å²) in [7, 11) is 0. The number of halogens is 1. The van der Waals surface area contributed by atoms with Gasteiger partial charge in [-0.05, 0) is 44.4 Å². The minimum Gasteiger partial charge on any atom is -0.479 e. The van der Waals surface area contributed by atoms with Crippen LogP contribution < -0.4 is 10.1 Å². The number of carbonyl (C=O) groups is 1.